The van der Waals surface area contributed by atoms with E-state index in [-0.39, 0.29) is 47.5 Å². The maximum atomic E-state index is 14.1. The van der Waals surface area contributed by atoms with Crippen molar-refractivity contribution in [2.45, 2.75) is 23.6 Å². The van der Waals surface area contributed by atoms with Crippen LogP contribution in [0.25, 0.3) is 0 Å². The quantitative estimate of drug-likeness (QED) is 0.183. The molecule has 1 fully saturated rings. The van der Waals surface area contributed by atoms with Crippen molar-refractivity contribution in [3.8, 4) is 23.0 Å². The van der Waals surface area contributed by atoms with E-state index in [1.54, 1.807) is 48.5 Å². The van der Waals surface area contributed by atoms with Crippen LogP contribution in [-0.4, -0.2) is 106 Å². The monoisotopic (exact) mass is 780 g/mol. The second-order valence-electron chi connectivity index (χ2n) is 12.5. The van der Waals surface area contributed by atoms with E-state index in [4.69, 9.17) is 18.9 Å². The standard InChI is InChI=1S/C38H44N4O10S2/c1-27-7-11-29(12-8-27)41(53(45,46)31-15-17-33(49-3)35(23-31)51-5)25-37(43)39-19-21-40(22-20-39)38(44)26-42(30-13-9-28(2)10-14-30)54(47,48)32-16-18-34(50-4)36(24-32)52-6/h7-18,23-24H,19-22,25-26H2,1-6H3. The second-order valence-corrected chi connectivity index (χ2v) is 16.2. The molecule has 4 aromatic rings. The molecule has 0 saturated carbocycles. The third-order valence-electron chi connectivity index (χ3n) is 9.07. The number of benzene rings is 4. The van der Waals surface area contributed by atoms with Crippen molar-refractivity contribution in [1.82, 2.24) is 9.80 Å². The van der Waals surface area contributed by atoms with Gasteiger partial charge in [-0.3, -0.25) is 18.2 Å². The summed E-state index contributed by atoms with van der Waals surface area (Å²) in [6, 6.07) is 22.0. The predicted molar refractivity (Wildman–Crippen MR) is 204 cm³/mol. The van der Waals surface area contributed by atoms with Crippen LogP contribution in [0.1, 0.15) is 11.1 Å². The van der Waals surface area contributed by atoms with Gasteiger partial charge >= 0.3 is 0 Å². The molecule has 2 amide bonds. The molecular formula is C38H44N4O10S2. The average Bonchev–Trinajstić information content (AvgIpc) is 3.18. The zero-order chi connectivity index (χ0) is 39.2. The molecule has 4 aromatic carbocycles. The van der Waals surface area contributed by atoms with E-state index in [1.165, 1.54) is 74.6 Å². The molecule has 14 nitrogen and oxygen atoms in total. The molecular weight excluding hydrogens is 737 g/mol. The molecule has 0 radical (unpaired) electrons. The fraction of sp³-hybridized carbons (Fsp3) is 0.316. The molecule has 0 aliphatic carbocycles. The first-order valence-corrected chi connectivity index (χ1v) is 19.8. The Morgan fingerprint density at radius 2 is 0.833 bits per heavy atom. The Kier molecular flexibility index (Phi) is 12.3. The molecule has 0 spiro atoms. The van der Waals surface area contributed by atoms with E-state index in [0.29, 0.717) is 22.9 Å². The topological polar surface area (TPSA) is 152 Å². The molecule has 288 valence electrons. The molecule has 1 saturated heterocycles. The molecule has 0 aromatic heterocycles. The fourth-order valence-corrected chi connectivity index (χ4v) is 8.77. The highest BCUT2D eigenvalue weighted by molar-refractivity contribution is 7.93. The Bertz CT molecular complexity index is 2030. The summed E-state index contributed by atoms with van der Waals surface area (Å²) >= 11 is 0. The second kappa shape index (κ2) is 16.7. The molecule has 1 aliphatic heterocycles. The minimum atomic E-state index is -4.26. The van der Waals surface area contributed by atoms with Crippen molar-refractivity contribution in [1.29, 1.82) is 0 Å². The number of sulfonamides is 2. The number of piperazine rings is 1. The van der Waals surface area contributed by atoms with Gasteiger partial charge in [0.05, 0.1) is 49.6 Å². The van der Waals surface area contributed by atoms with Crippen LogP contribution in [-0.2, 0) is 29.6 Å². The Morgan fingerprint density at radius 1 is 0.519 bits per heavy atom. The SMILES string of the molecule is COc1ccc(S(=O)(=O)N(CC(=O)N2CCN(C(=O)CN(c3ccc(C)cc3)S(=O)(=O)c3ccc(OC)c(OC)c3)CC2)c2ccc(C)cc2)cc1OC. The van der Waals surface area contributed by atoms with Gasteiger partial charge in [-0.15, -0.1) is 0 Å². The molecule has 5 rings (SSSR count). The zero-order valence-electron chi connectivity index (χ0n) is 31.0. The maximum absolute atomic E-state index is 14.1. The van der Waals surface area contributed by atoms with Crippen molar-refractivity contribution in [3.05, 3.63) is 96.1 Å². The molecule has 0 atom stereocenters. The van der Waals surface area contributed by atoms with Crippen LogP contribution in [0, 0.1) is 13.8 Å². The van der Waals surface area contributed by atoms with E-state index < -0.39 is 45.0 Å². The van der Waals surface area contributed by atoms with E-state index in [9.17, 15) is 26.4 Å². The first kappa shape index (κ1) is 39.7. The molecule has 0 unspecified atom stereocenters. The molecule has 1 aliphatic rings. The Balaban J connectivity index is 1.33. The number of carbonyl (C=O) groups excluding carboxylic acids is 2. The number of hydrogen-bond donors (Lipinski definition) is 0. The number of rotatable bonds is 14. The largest absolute Gasteiger partial charge is 0.493 e. The van der Waals surface area contributed by atoms with Gasteiger partial charge < -0.3 is 28.7 Å². The van der Waals surface area contributed by atoms with Crippen molar-refractivity contribution in [2.24, 2.45) is 0 Å². The summed E-state index contributed by atoms with van der Waals surface area (Å²) in [6.07, 6.45) is 0. The predicted octanol–water partition coefficient (Wildman–Crippen LogP) is 4.10. The van der Waals surface area contributed by atoms with Gasteiger partial charge in [0.25, 0.3) is 20.0 Å². The van der Waals surface area contributed by atoms with E-state index >= 15 is 0 Å². The van der Waals surface area contributed by atoms with Crippen LogP contribution >= 0.6 is 0 Å². The average molecular weight is 781 g/mol. The van der Waals surface area contributed by atoms with Crippen LogP contribution in [0.4, 0.5) is 11.4 Å². The van der Waals surface area contributed by atoms with Crippen LogP contribution in [0.5, 0.6) is 23.0 Å². The van der Waals surface area contributed by atoms with E-state index in [1.807, 2.05) is 13.8 Å². The van der Waals surface area contributed by atoms with Gasteiger partial charge in [-0.2, -0.15) is 0 Å². The van der Waals surface area contributed by atoms with E-state index in [2.05, 4.69) is 0 Å². The number of amides is 2. The summed E-state index contributed by atoms with van der Waals surface area (Å²) in [5.41, 5.74) is 2.41. The minimum Gasteiger partial charge on any atom is -0.493 e. The van der Waals surface area contributed by atoms with Gasteiger partial charge in [0.2, 0.25) is 11.8 Å². The van der Waals surface area contributed by atoms with Crippen molar-refractivity contribution in [3.63, 3.8) is 0 Å². The fourth-order valence-electron chi connectivity index (χ4n) is 5.91. The highest BCUT2D eigenvalue weighted by Gasteiger charge is 2.34. The van der Waals surface area contributed by atoms with Gasteiger partial charge in [0, 0.05) is 38.3 Å². The summed E-state index contributed by atoms with van der Waals surface area (Å²) in [7, 11) is -2.84. The van der Waals surface area contributed by atoms with Crippen LogP contribution in [0.2, 0.25) is 0 Å². The lowest BCUT2D eigenvalue weighted by Crippen LogP contribution is -2.55. The number of methoxy groups -OCH3 is 4. The number of hydrogen-bond acceptors (Lipinski definition) is 10. The maximum Gasteiger partial charge on any atom is 0.264 e. The first-order valence-electron chi connectivity index (χ1n) is 16.9. The Morgan fingerprint density at radius 3 is 1.13 bits per heavy atom. The van der Waals surface area contributed by atoms with Crippen LogP contribution < -0.4 is 27.6 Å². The summed E-state index contributed by atoms with van der Waals surface area (Å²) in [4.78, 5) is 30.3. The Hall–Kier alpha value is -5.48. The highest BCUT2D eigenvalue weighted by atomic mass is 32.2. The summed E-state index contributed by atoms with van der Waals surface area (Å²) < 4.78 is 79.6. The first-order chi connectivity index (χ1) is 25.7. The number of carbonyl (C=O) groups is 2. The number of nitrogens with zero attached hydrogens (tertiary/aromatic N) is 4. The number of aryl methyl sites for hydroxylation is 2. The third kappa shape index (κ3) is 8.50. The summed E-state index contributed by atoms with van der Waals surface area (Å²) in [5, 5.41) is 0. The van der Waals surface area contributed by atoms with Crippen LogP contribution in [0.15, 0.2) is 94.7 Å². The molecule has 1 heterocycles. The normalized spacial score (nSPS) is 13.2. The third-order valence-corrected chi connectivity index (χ3v) is 12.6. The van der Waals surface area contributed by atoms with Crippen molar-refractivity contribution >= 4 is 43.2 Å². The summed E-state index contributed by atoms with van der Waals surface area (Å²) in [5.74, 6) is 0.192. The lowest BCUT2D eigenvalue weighted by Gasteiger charge is -2.37. The smallest absolute Gasteiger partial charge is 0.264 e. The highest BCUT2D eigenvalue weighted by Crippen LogP contribution is 2.34. The molecule has 0 N–H and O–H groups in total. The minimum absolute atomic E-state index is 0.0925. The van der Waals surface area contributed by atoms with Crippen molar-refractivity contribution < 1.29 is 45.4 Å². The van der Waals surface area contributed by atoms with Crippen molar-refractivity contribution in [2.75, 3.05) is 76.3 Å². The zero-order valence-corrected chi connectivity index (χ0v) is 32.6. The number of ether oxygens (including phenoxy) is 4. The lowest BCUT2D eigenvalue weighted by molar-refractivity contribution is -0.137. The van der Waals surface area contributed by atoms with E-state index in [0.717, 1.165) is 19.7 Å². The van der Waals surface area contributed by atoms with Gasteiger partial charge in [-0.25, -0.2) is 16.8 Å². The summed E-state index contributed by atoms with van der Waals surface area (Å²) in [6.45, 7) is 3.16. The molecule has 16 heteroatoms. The number of anilines is 2. The van der Waals surface area contributed by atoms with Gasteiger partial charge in [-0.05, 0) is 62.4 Å². The lowest BCUT2D eigenvalue weighted by atomic mass is 10.2. The van der Waals surface area contributed by atoms with Crippen LogP contribution in [0.3, 0.4) is 0 Å². The Labute approximate surface area is 316 Å². The molecule has 54 heavy (non-hydrogen) atoms. The molecule has 0 bridgehead atoms. The van der Waals surface area contributed by atoms with Gasteiger partial charge in [0.15, 0.2) is 23.0 Å². The van der Waals surface area contributed by atoms with Gasteiger partial charge in [-0.1, -0.05) is 35.4 Å². The van der Waals surface area contributed by atoms with Gasteiger partial charge in [0.1, 0.15) is 13.1 Å².